The van der Waals surface area contributed by atoms with Crippen LogP contribution in [0.1, 0.15) is 6.92 Å². The normalized spacial score (nSPS) is 12.0. The van der Waals surface area contributed by atoms with E-state index in [9.17, 15) is 9.18 Å². The van der Waals surface area contributed by atoms with Crippen molar-refractivity contribution >= 4 is 5.91 Å². The minimum absolute atomic E-state index is 0.130. The Morgan fingerprint density at radius 2 is 2.11 bits per heavy atom. The Kier molecular flexibility index (Phi) is 5.58. The molecular weight excluding hydrogens is 237 g/mol. The predicted octanol–water partition coefficient (Wildman–Crippen LogP) is 1.70. The summed E-state index contributed by atoms with van der Waals surface area (Å²) in [6, 6.07) is 6.17. The lowest BCUT2D eigenvalue weighted by Gasteiger charge is -2.20. The van der Waals surface area contributed by atoms with Gasteiger partial charge in [0.25, 0.3) is 5.91 Å². The minimum atomic E-state index is -0.483. The second-order valence-electron chi connectivity index (χ2n) is 3.92. The molecule has 0 saturated heterocycles. The molecule has 1 atom stereocenters. The van der Waals surface area contributed by atoms with Crippen LogP contribution in [0.15, 0.2) is 24.3 Å². The van der Waals surface area contributed by atoms with Crippen LogP contribution in [-0.2, 0) is 9.53 Å². The fourth-order valence-electron chi connectivity index (χ4n) is 1.38. The van der Waals surface area contributed by atoms with E-state index >= 15 is 0 Å². The molecule has 1 aromatic rings. The first-order chi connectivity index (χ1) is 8.56. The molecule has 0 aromatic heterocycles. The summed E-state index contributed by atoms with van der Waals surface area (Å²) < 4.78 is 23.4. The van der Waals surface area contributed by atoms with Gasteiger partial charge >= 0.3 is 0 Å². The molecule has 1 unspecified atom stereocenters. The molecule has 0 aliphatic carbocycles. The van der Waals surface area contributed by atoms with Crippen LogP contribution in [0.25, 0.3) is 0 Å². The van der Waals surface area contributed by atoms with Crippen LogP contribution in [0.2, 0.25) is 0 Å². The third-order valence-electron chi connectivity index (χ3n) is 2.60. The van der Waals surface area contributed by atoms with Gasteiger partial charge in [-0.2, -0.15) is 0 Å². The van der Waals surface area contributed by atoms with Gasteiger partial charge in [-0.1, -0.05) is 12.1 Å². The Bertz CT molecular complexity index is 398. The molecule has 0 spiro atoms. The Morgan fingerprint density at radius 1 is 1.44 bits per heavy atom. The van der Waals surface area contributed by atoms with E-state index in [0.717, 1.165) is 0 Å². The van der Waals surface area contributed by atoms with Crippen molar-refractivity contribution in [2.24, 2.45) is 0 Å². The summed E-state index contributed by atoms with van der Waals surface area (Å²) in [7, 11) is 3.13. The molecule has 0 aliphatic heterocycles. The Hall–Kier alpha value is -1.62. The molecule has 0 bridgehead atoms. The van der Waals surface area contributed by atoms with Gasteiger partial charge in [0.15, 0.2) is 11.6 Å². The van der Waals surface area contributed by atoms with Gasteiger partial charge in [0.1, 0.15) is 12.7 Å². The molecule has 100 valence electrons. The van der Waals surface area contributed by atoms with Crippen LogP contribution in [-0.4, -0.2) is 44.2 Å². The van der Waals surface area contributed by atoms with Gasteiger partial charge in [-0.15, -0.1) is 0 Å². The number of likely N-dealkylation sites (N-methyl/N-ethyl adjacent to an activating group) is 1. The van der Waals surface area contributed by atoms with E-state index in [4.69, 9.17) is 9.47 Å². The Balaban J connectivity index is 2.38. The van der Waals surface area contributed by atoms with E-state index in [2.05, 4.69) is 0 Å². The number of carbonyl (C=O) groups excluding carboxylic acids is 1. The van der Waals surface area contributed by atoms with E-state index in [1.165, 1.54) is 18.1 Å². The van der Waals surface area contributed by atoms with Gasteiger partial charge in [0, 0.05) is 14.2 Å². The molecule has 1 amide bonds. The van der Waals surface area contributed by atoms with Crippen molar-refractivity contribution in [3.8, 4) is 5.75 Å². The second-order valence-corrected chi connectivity index (χ2v) is 3.92. The van der Waals surface area contributed by atoms with Gasteiger partial charge in [-0.3, -0.25) is 4.79 Å². The number of ether oxygens (including phenoxy) is 2. The van der Waals surface area contributed by atoms with Gasteiger partial charge in [-0.05, 0) is 19.1 Å². The summed E-state index contributed by atoms with van der Waals surface area (Å²) in [5.41, 5.74) is 0. The molecular formula is C13H18FNO3. The molecule has 18 heavy (non-hydrogen) atoms. The topological polar surface area (TPSA) is 38.8 Å². The van der Waals surface area contributed by atoms with E-state index in [1.54, 1.807) is 32.2 Å². The van der Waals surface area contributed by atoms with Crippen LogP contribution >= 0.6 is 0 Å². The highest BCUT2D eigenvalue weighted by atomic mass is 19.1. The number of carbonyl (C=O) groups is 1. The SMILES string of the molecule is COC(C)C(=O)N(C)CCOc1ccccc1F. The van der Waals surface area contributed by atoms with Crippen LogP contribution in [0, 0.1) is 5.82 Å². The van der Waals surface area contributed by atoms with Gasteiger partial charge in [0.05, 0.1) is 6.54 Å². The number of nitrogens with zero attached hydrogens (tertiary/aromatic N) is 1. The lowest BCUT2D eigenvalue weighted by molar-refractivity contribution is -0.139. The maximum atomic E-state index is 13.2. The summed E-state index contributed by atoms with van der Waals surface area (Å²) in [5, 5.41) is 0. The lowest BCUT2D eigenvalue weighted by atomic mass is 10.3. The molecule has 0 radical (unpaired) electrons. The van der Waals surface area contributed by atoms with Crippen molar-refractivity contribution in [1.82, 2.24) is 4.90 Å². The van der Waals surface area contributed by atoms with Crippen molar-refractivity contribution in [2.75, 3.05) is 27.3 Å². The summed E-state index contributed by atoms with van der Waals surface area (Å²) in [6.45, 7) is 2.29. The largest absolute Gasteiger partial charge is 0.489 e. The van der Waals surface area contributed by atoms with Crippen LogP contribution in [0.5, 0.6) is 5.75 Å². The van der Waals surface area contributed by atoms with E-state index in [1.807, 2.05) is 0 Å². The highest BCUT2D eigenvalue weighted by Crippen LogP contribution is 2.14. The van der Waals surface area contributed by atoms with E-state index < -0.39 is 11.9 Å². The van der Waals surface area contributed by atoms with Gasteiger partial charge in [-0.25, -0.2) is 4.39 Å². The second kappa shape index (κ2) is 6.96. The molecule has 0 N–H and O–H groups in total. The van der Waals surface area contributed by atoms with Gasteiger partial charge in [0.2, 0.25) is 0 Å². The number of halogens is 1. The maximum Gasteiger partial charge on any atom is 0.251 e. The monoisotopic (exact) mass is 255 g/mol. The zero-order valence-corrected chi connectivity index (χ0v) is 10.9. The number of hydrogen-bond donors (Lipinski definition) is 0. The number of methoxy groups -OCH3 is 1. The molecule has 5 heteroatoms. The predicted molar refractivity (Wildman–Crippen MR) is 66.0 cm³/mol. The molecule has 0 fully saturated rings. The summed E-state index contributed by atoms with van der Waals surface area (Å²) in [5.74, 6) is -0.343. The highest BCUT2D eigenvalue weighted by molar-refractivity contribution is 5.80. The number of hydrogen-bond acceptors (Lipinski definition) is 3. The first-order valence-electron chi connectivity index (χ1n) is 5.71. The fourth-order valence-corrected chi connectivity index (χ4v) is 1.38. The number of benzene rings is 1. The van der Waals surface area contributed by atoms with E-state index in [-0.39, 0.29) is 18.3 Å². The zero-order valence-electron chi connectivity index (χ0n) is 10.9. The van der Waals surface area contributed by atoms with E-state index in [0.29, 0.717) is 6.54 Å². The Labute approximate surface area is 106 Å². The number of amides is 1. The first-order valence-corrected chi connectivity index (χ1v) is 5.71. The summed E-state index contributed by atoms with van der Waals surface area (Å²) in [4.78, 5) is 13.1. The summed E-state index contributed by atoms with van der Waals surface area (Å²) >= 11 is 0. The molecule has 0 heterocycles. The standard InChI is InChI=1S/C13H18FNO3/c1-10(17-3)13(16)15(2)8-9-18-12-7-5-4-6-11(12)14/h4-7,10H,8-9H2,1-3H3. The third kappa shape index (κ3) is 4.00. The average Bonchev–Trinajstić information content (AvgIpc) is 2.39. The molecule has 4 nitrogen and oxygen atoms in total. The number of rotatable bonds is 6. The van der Waals surface area contributed by atoms with Crippen LogP contribution < -0.4 is 4.74 Å². The number of para-hydroxylation sites is 1. The zero-order chi connectivity index (χ0) is 13.5. The van der Waals surface area contributed by atoms with Crippen LogP contribution in [0.3, 0.4) is 0 Å². The first kappa shape index (κ1) is 14.4. The van der Waals surface area contributed by atoms with Crippen molar-refractivity contribution in [2.45, 2.75) is 13.0 Å². The lowest BCUT2D eigenvalue weighted by Crippen LogP contribution is -2.38. The van der Waals surface area contributed by atoms with Gasteiger partial charge < -0.3 is 14.4 Å². The molecule has 1 rings (SSSR count). The van der Waals surface area contributed by atoms with Crippen molar-refractivity contribution in [1.29, 1.82) is 0 Å². The van der Waals surface area contributed by atoms with Crippen molar-refractivity contribution in [3.63, 3.8) is 0 Å². The van der Waals surface area contributed by atoms with Crippen molar-refractivity contribution in [3.05, 3.63) is 30.1 Å². The highest BCUT2D eigenvalue weighted by Gasteiger charge is 2.16. The average molecular weight is 255 g/mol. The smallest absolute Gasteiger partial charge is 0.251 e. The summed E-state index contributed by atoms with van der Waals surface area (Å²) in [6.07, 6.45) is -0.483. The Morgan fingerprint density at radius 3 is 2.72 bits per heavy atom. The quantitative estimate of drug-likeness (QED) is 0.776. The fraction of sp³-hybridized carbons (Fsp3) is 0.462. The molecule has 1 aromatic carbocycles. The van der Waals surface area contributed by atoms with Crippen molar-refractivity contribution < 1.29 is 18.7 Å². The molecule has 0 saturated carbocycles. The maximum absolute atomic E-state index is 13.2. The van der Waals surface area contributed by atoms with Crippen LogP contribution in [0.4, 0.5) is 4.39 Å². The minimum Gasteiger partial charge on any atom is -0.489 e. The third-order valence-corrected chi connectivity index (χ3v) is 2.60. The molecule has 0 aliphatic rings.